The molecule has 0 unspecified atom stereocenters. The summed E-state index contributed by atoms with van der Waals surface area (Å²) in [6.07, 6.45) is 0. The highest BCUT2D eigenvalue weighted by molar-refractivity contribution is 6.30. The van der Waals surface area contributed by atoms with Crippen LogP contribution in [0, 0.1) is 5.82 Å². The van der Waals surface area contributed by atoms with E-state index in [2.05, 4.69) is 15.1 Å². The molecule has 2 heterocycles. The minimum absolute atomic E-state index is 0.268. The average Bonchev–Trinajstić information content (AvgIpc) is 3.27. The van der Waals surface area contributed by atoms with E-state index in [1.54, 1.807) is 25.3 Å². The van der Waals surface area contributed by atoms with Gasteiger partial charge in [-0.25, -0.2) is 4.39 Å². The standard InChI is InChI=1S/C24H25ClFN3O3/c1-31-22-8-4-18(25)14-21(22)29-12-10-28(11-13-29)16-20-7-9-23(32-20)24(30)27-15-17-2-5-19(26)6-3-17/h2-9,14H,10-13,15-16H2,1H3,(H,27,30). The van der Waals surface area contributed by atoms with Gasteiger partial charge in [0.05, 0.1) is 19.3 Å². The van der Waals surface area contributed by atoms with E-state index in [9.17, 15) is 9.18 Å². The van der Waals surface area contributed by atoms with Gasteiger partial charge in [0.1, 0.15) is 17.3 Å². The molecule has 3 aromatic rings. The van der Waals surface area contributed by atoms with Crippen LogP contribution in [0.3, 0.4) is 0 Å². The number of piperazine rings is 1. The minimum Gasteiger partial charge on any atom is -0.495 e. The number of nitrogens with zero attached hydrogens (tertiary/aromatic N) is 2. The predicted molar refractivity (Wildman–Crippen MR) is 122 cm³/mol. The lowest BCUT2D eigenvalue weighted by atomic mass is 10.2. The largest absolute Gasteiger partial charge is 0.495 e. The minimum atomic E-state index is -0.303. The summed E-state index contributed by atoms with van der Waals surface area (Å²) in [7, 11) is 1.66. The number of methoxy groups -OCH3 is 1. The number of furan rings is 1. The number of ether oxygens (including phenoxy) is 1. The van der Waals surface area contributed by atoms with Gasteiger partial charge in [0, 0.05) is 37.7 Å². The zero-order valence-electron chi connectivity index (χ0n) is 17.8. The molecule has 0 atom stereocenters. The average molecular weight is 458 g/mol. The first-order valence-electron chi connectivity index (χ1n) is 10.4. The van der Waals surface area contributed by atoms with Crippen LogP contribution in [0.2, 0.25) is 5.02 Å². The van der Waals surface area contributed by atoms with Crippen LogP contribution in [0.25, 0.3) is 0 Å². The third-order valence-electron chi connectivity index (χ3n) is 5.49. The van der Waals surface area contributed by atoms with Crippen molar-refractivity contribution in [1.29, 1.82) is 0 Å². The van der Waals surface area contributed by atoms with Gasteiger partial charge < -0.3 is 19.4 Å². The molecule has 0 bridgehead atoms. The Morgan fingerprint density at radius 3 is 2.56 bits per heavy atom. The van der Waals surface area contributed by atoms with Crippen LogP contribution in [-0.2, 0) is 13.1 Å². The lowest BCUT2D eigenvalue weighted by molar-refractivity contribution is 0.0919. The molecule has 8 heteroatoms. The number of halogens is 2. The fourth-order valence-corrected chi connectivity index (χ4v) is 3.90. The fourth-order valence-electron chi connectivity index (χ4n) is 3.73. The van der Waals surface area contributed by atoms with Crippen molar-refractivity contribution in [1.82, 2.24) is 10.2 Å². The van der Waals surface area contributed by atoms with Crippen molar-refractivity contribution in [3.8, 4) is 5.75 Å². The van der Waals surface area contributed by atoms with E-state index in [0.717, 1.165) is 48.9 Å². The molecule has 1 aromatic heterocycles. The maximum absolute atomic E-state index is 13.0. The Morgan fingerprint density at radius 2 is 1.84 bits per heavy atom. The van der Waals surface area contributed by atoms with Crippen LogP contribution >= 0.6 is 11.6 Å². The normalized spacial score (nSPS) is 14.4. The van der Waals surface area contributed by atoms with Crippen LogP contribution in [-0.4, -0.2) is 44.1 Å². The van der Waals surface area contributed by atoms with Crippen LogP contribution in [0.5, 0.6) is 5.75 Å². The molecule has 0 spiro atoms. The molecule has 0 saturated carbocycles. The number of anilines is 1. The number of hydrogen-bond donors (Lipinski definition) is 1. The summed E-state index contributed by atoms with van der Waals surface area (Å²) >= 11 is 6.17. The van der Waals surface area contributed by atoms with Crippen LogP contribution < -0.4 is 15.0 Å². The van der Waals surface area contributed by atoms with Gasteiger partial charge in [-0.1, -0.05) is 23.7 Å². The lowest BCUT2D eigenvalue weighted by Crippen LogP contribution is -2.46. The SMILES string of the molecule is COc1ccc(Cl)cc1N1CCN(Cc2ccc(C(=O)NCc3ccc(F)cc3)o2)CC1. The van der Waals surface area contributed by atoms with Gasteiger partial charge in [-0.05, 0) is 48.0 Å². The molecule has 1 fully saturated rings. The van der Waals surface area contributed by atoms with E-state index in [1.165, 1.54) is 12.1 Å². The van der Waals surface area contributed by atoms with Gasteiger partial charge in [-0.3, -0.25) is 9.69 Å². The van der Waals surface area contributed by atoms with Crippen LogP contribution in [0.4, 0.5) is 10.1 Å². The van der Waals surface area contributed by atoms with E-state index in [1.807, 2.05) is 24.3 Å². The molecule has 6 nitrogen and oxygen atoms in total. The lowest BCUT2D eigenvalue weighted by Gasteiger charge is -2.36. The summed E-state index contributed by atoms with van der Waals surface area (Å²) in [6, 6.07) is 15.2. The molecule has 168 valence electrons. The van der Waals surface area contributed by atoms with Crippen LogP contribution in [0.1, 0.15) is 21.9 Å². The Hall–Kier alpha value is -3.03. The van der Waals surface area contributed by atoms with E-state index in [4.69, 9.17) is 20.8 Å². The zero-order valence-corrected chi connectivity index (χ0v) is 18.6. The highest BCUT2D eigenvalue weighted by atomic mass is 35.5. The molecule has 1 N–H and O–H groups in total. The monoisotopic (exact) mass is 457 g/mol. The van der Waals surface area contributed by atoms with E-state index < -0.39 is 0 Å². The molecule has 4 rings (SSSR count). The number of carbonyl (C=O) groups is 1. The molecule has 1 aliphatic rings. The second kappa shape index (κ2) is 10.1. The van der Waals surface area contributed by atoms with Crippen molar-refractivity contribution in [2.24, 2.45) is 0 Å². The molecule has 0 aliphatic carbocycles. The number of benzene rings is 2. The van der Waals surface area contributed by atoms with Gasteiger partial charge >= 0.3 is 0 Å². The van der Waals surface area contributed by atoms with Gasteiger partial charge in [0.25, 0.3) is 5.91 Å². The molecular weight excluding hydrogens is 433 g/mol. The first-order valence-corrected chi connectivity index (χ1v) is 10.8. The van der Waals surface area contributed by atoms with E-state index in [-0.39, 0.29) is 17.5 Å². The van der Waals surface area contributed by atoms with Gasteiger partial charge in [-0.15, -0.1) is 0 Å². The summed E-state index contributed by atoms with van der Waals surface area (Å²) in [5, 5.41) is 3.48. The highest BCUT2D eigenvalue weighted by Gasteiger charge is 2.21. The fraction of sp³-hybridized carbons (Fsp3) is 0.292. The molecule has 1 aliphatic heterocycles. The summed E-state index contributed by atoms with van der Waals surface area (Å²) in [5.41, 5.74) is 1.82. The van der Waals surface area contributed by atoms with Crippen molar-refractivity contribution >= 4 is 23.2 Å². The Labute approximate surface area is 191 Å². The topological polar surface area (TPSA) is 58.0 Å². The maximum atomic E-state index is 13.0. The molecular formula is C24H25ClFN3O3. The first-order chi connectivity index (χ1) is 15.5. The summed E-state index contributed by atoms with van der Waals surface area (Å²) in [5.74, 6) is 1.22. The van der Waals surface area contributed by atoms with Crippen molar-refractivity contribution in [3.05, 3.63) is 82.5 Å². The van der Waals surface area contributed by atoms with Crippen molar-refractivity contribution in [3.63, 3.8) is 0 Å². The molecule has 2 aromatic carbocycles. The number of carbonyl (C=O) groups excluding carboxylic acids is 1. The Bertz CT molecular complexity index is 1060. The smallest absolute Gasteiger partial charge is 0.287 e. The number of nitrogens with one attached hydrogen (secondary N) is 1. The van der Waals surface area contributed by atoms with Crippen molar-refractivity contribution < 1.29 is 18.3 Å². The number of hydrogen-bond acceptors (Lipinski definition) is 5. The Morgan fingerprint density at radius 1 is 1.09 bits per heavy atom. The molecule has 1 amide bonds. The maximum Gasteiger partial charge on any atom is 0.287 e. The third kappa shape index (κ3) is 5.41. The van der Waals surface area contributed by atoms with Crippen molar-refractivity contribution in [2.45, 2.75) is 13.1 Å². The summed E-state index contributed by atoms with van der Waals surface area (Å²) in [4.78, 5) is 16.9. The molecule has 1 saturated heterocycles. The van der Waals surface area contributed by atoms with E-state index >= 15 is 0 Å². The predicted octanol–water partition coefficient (Wildman–Crippen LogP) is 4.33. The van der Waals surface area contributed by atoms with Crippen LogP contribution in [0.15, 0.2) is 59.0 Å². The summed E-state index contributed by atoms with van der Waals surface area (Å²) in [6.45, 7) is 4.31. The quantitative estimate of drug-likeness (QED) is 0.572. The number of amides is 1. The number of rotatable bonds is 7. The van der Waals surface area contributed by atoms with Gasteiger partial charge in [-0.2, -0.15) is 0 Å². The Kier molecular flexibility index (Phi) is 6.97. The zero-order chi connectivity index (χ0) is 22.5. The third-order valence-corrected chi connectivity index (χ3v) is 5.72. The highest BCUT2D eigenvalue weighted by Crippen LogP contribution is 2.32. The van der Waals surface area contributed by atoms with Crippen molar-refractivity contribution in [2.75, 3.05) is 38.2 Å². The second-order valence-corrected chi connectivity index (χ2v) is 8.09. The second-order valence-electron chi connectivity index (χ2n) is 7.65. The Balaban J connectivity index is 1.28. The van der Waals surface area contributed by atoms with Gasteiger partial charge in [0.15, 0.2) is 5.76 Å². The molecule has 0 radical (unpaired) electrons. The summed E-state index contributed by atoms with van der Waals surface area (Å²) < 4.78 is 24.2. The van der Waals surface area contributed by atoms with Gasteiger partial charge in [0.2, 0.25) is 0 Å². The first kappa shape index (κ1) is 22.2. The molecule has 32 heavy (non-hydrogen) atoms. The van der Waals surface area contributed by atoms with E-state index in [0.29, 0.717) is 18.1 Å².